The highest BCUT2D eigenvalue weighted by molar-refractivity contribution is 6.35. The molecular weight excluding hydrogens is 294 g/mol. The third-order valence-electron chi connectivity index (χ3n) is 3.18. The standard InChI is InChI=1S/C13H12ClN5O2/c1-6(2)19-5-8(14)11-10(19)3-9(17-18-11)7-4-15-13(21)16-12(7)20/h3-6H,1-2H3,(H2,15,16,20,21). The van der Waals surface area contributed by atoms with Crippen molar-refractivity contribution < 1.29 is 0 Å². The van der Waals surface area contributed by atoms with Gasteiger partial charge in [-0.3, -0.25) is 9.78 Å². The number of halogens is 1. The van der Waals surface area contributed by atoms with Gasteiger partial charge in [0.15, 0.2) is 0 Å². The Kier molecular flexibility index (Phi) is 3.13. The van der Waals surface area contributed by atoms with E-state index in [0.29, 0.717) is 16.2 Å². The molecule has 0 aromatic carbocycles. The van der Waals surface area contributed by atoms with Crippen molar-refractivity contribution in [2.24, 2.45) is 0 Å². The lowest BCUT2D eigenvalue weighted by Gasteiger charge is -2.08. The number of aromatic nitrogens is 5. The van der Waals surface area contributed by atoms with Crippen molar-refractivity contribution >= 4 is 22.6 Å². The SMILES string of the molecule is CC(C)n1cc(Cl)c2nnc(-c3c[nH]c(=O)[nH]c3=O)cc21. The molecule has 0 spiro atoms. The van der Waals surface area contributed by atoms with Gasteiger partial charge in [-0.05, 0) is 19.9 Å². The van der Waals surface area contributed by atoms with Crippen molar-refractivity contribution in [2.75, 3.05) is 0 Å². The predicted molar refractivity (Wildman–Crippen MR) is 79.6 cm³/mol. The first-order chi connectivity index (χ1) is 9.97. The molecule has 0 unspecified atom stereocenters. The molecule has 0 aliphatic heterocycles. The first-order valence-corrected chi connectivity index (χ1v) is 6.71. The molecule has 3 aromatic heterocycles. The third-order valence-corrected chi connectivity index (χ3v) is 3.46. The van der Waals surface area contributed by atoms with Gasteiger partial charge in [-0.1, -0.05) is 11.6 Å². The van der Waals surface area contributed by atoms with Gasteiger partial charge in [0.1, 0.15) is 11.2 Å². The highest BCUT2D eigenvalue weighted by atomic mass is 35.5. The molecule has 2 N–H and O–H groups in total. The molecular formula is C13H12ClN5O2. The largest absolute Gasteiger partial charge is 0.342 e. The maximum Gasteiger partial charge on any atom is 0.325 e. The monoisotopic (exact) mass is 305 g/mol. The van der Waals surface area contributed by atoms with Crippen LogP contribution in [-0.4, -0.2) is 24.7 Å². The van der Waals surface area contributed by atoms with E-state index in [4.69, 9.17) is 11.6 Å². The molecule has 0 aliphatic carbocycles. The normalized spacial score (nSPS) is 11.4. The summed E-state index contributed by atoms with van der Waals surface area (Å²) in [6.45, 7) is 4.03. The Morgan fingerprint density at radius 3 is 2.71 bits per heavy atom. The number of aromatic amines is 2. The number of fused-ring (bicyclic) bond motifs is 1. The van der Waals surface area contributed by atoms with E-state index in [2.05, 4.69) is 20.2 Å². The summed E-state index contributed by atoms with van der Waals surface area (Å²) in [5, 5.41) is 8.59. The van der Waals surface area contributed by atoms with Crippen molar-refractivity contribution in [1.29, 1.82) is 0 Å². The van der Waals surface area contributed by atoms with Gasteiger partial charge in [-0.15, -0.1) is 10.2 Å². The number of H-pyrrole nitrogens is 2. The van der Waals surface area contributed by atoms with Crippen molar-refractivity contribution in [3.8, 4) is 11.3 Å². The van der Waals surface area contributed by atoms with Crippen LogP contribution in [0, 0.1) is 0 Å². The van der Waals surface area contributed by atoms with E-state index in [1.807, 2.05) is 18.4 Å². The van der Waals surface area contributed by atoms with Crippen LogP contribution in [0.5, 0.6) is 0 Å². The van der Waals surface area contributed by atoms with E-state index in [9.17, 15) is 9.59 Å². The van der Waals surface area contributed by atoms with Crippen LogP contribution in [-0.2, 0) is 0 Å². The summed E-state index contributed by atoms with van der Waals surface area (Å²) >= 11 is 6.13. The van der Waals surface area contributed by atoms with Gasteiger partial charge in [-0.2, -0.15) is 0 Å². The fourth-order valence-corrected chi connectivity index (χ4v) is 2.40. The molecule has 0 aliphatic rings. The quantitative estimate of drug-likeness (QED) is 0.753. The Morgan fingerprint density at radius 2 is 2.05 bits per heavy atom. The van der Waals surface area contributed by atoms with E-state index < -0.39 is 11.2 Å². The van der Waals surface area contributed by atoms with Crippen LogP contribution in [0.1, 0.15) is 19.9 Å². The Bertz CT molecular complexity index is 938. The molecule has 21 heavy (non-hydrogen) atoms. The number of nitrogens with one attached hydrogen (secondary N) is 2. The number of rotatable bonds is 2. The van der Waals surface area contributed by atoms with Crippen molar-refractivity contribution in [2.45, 2.75) is 19.9 Å². The summed E-state index contributed by atoms with van der Waals surface area (Å²) in [6, 6.07) is 1.92. The maximum atomic E-state index is 11.8. The Morgan fingerprint density at radius 1 is 1.29 bits per heavy atom. The molecule has 3 aromatic rings. The Labute approximate surface area is 123 Å². The number of hydrogen-bond acceptors (Lipinski definition) is 4. The van der Waals surface area contributed by atoms with Gasteiger partial charge in [0.25, 0.3) is 5.56 Å². The molecule has 8 heteroatoms. The van der Waals surface area contributed by atoms with Crippen LogP contribution in [0.15, 0.2) is 28.0 Å². The predicted octanol–water partition coefficient (Wildman–Crippen LogP) is 1.71. The van der Waals surface area contributed by atoms with Gasteiger partial charge in [-0.25, -0.2) is 4.79 Å². The topological polar surface area (TPSA) is 96.4 Å². The summed E-state index contributed by atoms with van der Waals surface area (Å²) in [7, 11) is 0. The van der Waals surface area contributed by atoms with Gasteiger partial charge in [0, 0.05) is 18.4 Å². The average Bonchev–Trinajstić information content (AvgIpc) is 2.76. The first-order valence-electron chi connectivity index (χ1n) is 6.33. The summed E-state index contributed by atoms with van der Waals surface area (Å²) in [5.41, 5.74) is 0.904. The lowest BCUT2D eigenvalue weighted by molar-refractivity contribution is 0.622. The second kappa shape index (κ2) is 4.85. The minimum atomic E-state index is -0.564. The van der Waals surface area contributed by atoms with Crippen LogP contribution in [0.4, 0.5) is 0 Å². The molecule has 0 amide bonds. The minimum absolute atomic E-state index is 0.186. The zero-order valence-electron chi connectivity index (χ0n) is 11.3. The molecule has 3 heterocycles. The molecule has 0 saturated heterocycles. The second-order valence-electron chi connectivity index (χ2n) is 4.93. The van der Waals surface area contributed by atoms with Gasteiger partial charge in [0.05, 0.1) is 16.1 Å². The summed E-state index contributed by atoms with van der Waals surface area (Å²) in [5.74, 6) is 0. The molecule has 0 atom stereocenters. The molecule has 3 rings (SSSR count). The van der Waals surface area contributed by atoms with E-state index in [-0.39, 0.29) is 11.6 Å². The van der Waals surface area contributed by atoms with Crippen molar-refractivity contribution in [3.05, 3.63) is 44.3 Å². The molecule has 0 saturated carbocycles. The summed E-state index contributed by atoms with van der Waals surface area (Å²) in [6.07, 6.45) is 3.10. The Hall–Kier alpha value is -2.41. The van der Waals surface area contributed by atoms with Gasteiger partial charge in [0.2, 0.25) is 0 Å². The zero-order chi connectivity index (χ0) is 15.1. The van der Waals surface area contributed by atoms with Crippen LogP contribution in [0.3, 0.4) is 0 Å². The molecule has 0 bridgehead atoms. The van der Waals surface area contributed by atoms with Gasteiger partial charge < -0.3 is 9.55 Å². The number of nitrogens with zero attached hydrogens (tertiary/aromatic N) is 3. The first kappa shape index (κ1) is 13.6. The van der Waals surface area contributed by atoms with Crippen LogP contribution in [0.2, 0.25) is 5.02 Å². The fourth-order valence-electron chi connectivity index (χ4n) is 2.16. The minimum Gasteiger partial charge on any atom is -0.342 e. The molecule has 7 nitrogen and oxygen atoms in total. The van der Waals surface area contributed by atoms with Gasteiger partial charge >= 0.3 is 5.69 Å². The van der Waals surface area contributed by atoms with Crippen LogP contribution < -0.4 is 11.2 Å². The summed E-state index contributed by atoms with van der Waals surface area (Å²) in [4.78, 5) is 27.5. The Balaban J connectivity index is 2.27. The lowest BCUT2D eigenvalue weighted by Crippen LogP contribution is -2.22. The molecule has 108 valence electrons. The van der Waals surface area contributed by atoms with Crippen LogP contribution >= 0.6 is 11.6 Å². The van der Waals surface area contributed by atoms with Crippen molar-refractivity contribution in [1.82, 2.24) is 24.7 Å². The second-order valence-corrected chi connectivity index (χ2v) is 5.33. The maximum absolute atomic E-state index is 11.8. The van der Waals surface area contributed by atoms with E-state index in [1.165, 1.54) is 6.20 Å². The highest BCUT2D eigenvalue weighted by Crippen LogP contribution is 2.28. The highest BCUT2D eigenvalue weighted by Gasteiger charge is 2.14. The zero-order valence-corrected chi connectivity index (χ0v) is 12.1. The smallest absolute Gasteiger partial charge is 0.325 e. The van der Waals surface area contributed by atoms with E-state index >= 15 is 0 Å². The van der Waals surface area contributed by atoms with Crippen LogP contribution in [0.25, 0.3) is 22.3 Å². The average molecular weight is 306 g/mol. The summed E-state index contributed by atoms with van der Waals surface area (Å²) < 4.78 is 1.95. The lowest BCUT2D eigenvalue weighted by atomic mass is 10.2. The van der Waals surface area contributed by atoms with E-state index in [1.54, 1.807) is 12.3 Å². The molecule has 0 radical (unpaired) electrons. The molecule has 0 fully saturated rings. The number of hydrogen-bond donors (Lipinski definition) is 2. The third kappa shape index (κ3) is 2.25. The van der Waals surface area contributed by atoms with Crippen molar-refractivity contribution in [3.63, 3.8) is 0 Å². The fraction of sp³-hybridized carbons (Fsp3) is 0.231. The van der Waals surface area contributed by atoms with E-state index in [0.717, 1.165) is 5.52 Å².